The molecular formula is C22H30N6. The normalized spacial score (nSPS) is 17.8. The van der Waals surface area contributed by atoms with E-state index < -0.39 is 0 Å². The fraction of sp³-hybridized carbons (Fsp3) is 0.455. The summed E-state index contributed by atoms with van der Waals surface area (Å²) in [6.07, 6.45) is 6.36. The molecule has 1 aliphatic rings. The third-order valence-corrected chi connectivity index (χ3v) is 5.86. The molecule has 1 atom stereocenters. The first-order chi connectivity index (χ1) is 13.5. The van der Waals surface area contributed by atoms with Gasteiger partial charge in [-0.15, -0.1) is 0 Å². The monoisotopic (exact) mass is 378 g/mol. The number of likely N-dealkylation sites (N-methyl/N-ethyl adjacent to an activating group) is 1. The number of hydrogen-bond acceptors (Lipinski definition) is 5. The van der Waals surface area contributed by atoms with Gasteiger partial charge in [-0.25, -0.2) is 9.97 Å². The van der Waals surface area contributed by atoms with Crippen LogP contribution in [0.1, 0.15) is 18.4 Å². The molecular weight excluding hydrogens is 348 g/mol. The third kappa shape index (κ3) is 3.69. The molecule has 1 fully saturated rings. The molecule has 0 radical (unpaired) electrons. The van der Waals surface area contributed by atoms with Crippen LogP contribution in [-0.2, 0) is 13.6 Å². The van der Waals surface area contributed by atoms with Crippen LogP contribution in [0, 0.1) is 0 Å². The Labute approximate surface area is 167 Å². The molecule has 6 nitrogen and oxygen atoms in total. The molecule has 3 aromatic rings. The number of aromatic nitrogens is 3. The molecule has 148 valence electrons. The van der Waals surface area contributed by atoms with Gasteiger partial charge in [-0.3, -0.25) is 4.90 Å². The minimum Gasteiger partial charge on any atom is -0.363 e. The van der Waals surface area contributed by atoms with Crippen molar-refractivity contribution in [3.05, 3.63) is 48.4 Å². The van der Waals surface area contributed by atoms with Crippen LogP contribution in [-0.4, -0.2) is 59.7 Å². The Morgan fingerprint density at radius 3 is 2.71 bits per heavy atom. The van der Waals surface area contributed by atoms with Crippen molar-refractivity contribution < 1.29 is 0 Å². The number of para-hydroxylation sites is 1. The van der Waals surface area contributed by atoms with Gasteiger partial charge < -0.3 is 14.4 Å². The second-order valence-corrected chi connectivity index (χ2v) is 8.05. The summed E-state index contributed by atoms with van der Waals surface area (Å²) in [4.78, 5) is 15.8. The Hall–Kier alpha value is -2.60. The molecule has 3 heterocycles. The van der Waals surface area contributed by atoms with E-state index >= 15 is 0 Å². The molecule has 0 bridgehead atoms. The van der Waals surface area contributed by atoms with E-state index in [0.29, 0.717) is 6.04 Å². The van der Waals surface area contributed by atoms with Gasteiger partial charge in [0, 0.05) is 70.5 Å². The topological polar surface area (TPSA) is 40.4 Å². The molecule has 0 saturated carbocycles. The number of fused-ring (bicyclic) bond motifs is 1. The van der Waals surface area contributed by atoms with Crippen LogP contribution in [0.4, 0.5) is 11.6 Å². The smallest absolute Gasteiger partial charge is 0.134 e. The highest BCUT2D eigenvalue weighted by atomic mass is 15.3. The second kappa shape index (κ2) is 7.80. The first-order valence-corrected chi connectivity index (χ1v) is 10.0. The minimum absolute atomic E-state index is 0.466. The van der Waals surface area contributed by atoms with E-state index in [4.69, 9.17) is 0 Å². The first kappa shape index (κ1) is 18.7. The van der Waals surface area contributed by atoms with Gasteiger partial charge in [0.15, 0.2) is 0 Å². The number of likely N-dealkylation sites (tertiary alicyclic amines) is 1. The van der Waals surface area contributed by atoms with Gasteiger partial charge in [0.2, 0.25) is 0 Å². The number of piperidine rings is 1. The molecule has 4 rings (SSSR count). The Morgan fingerprint density at radius 1 is 1.11 bits per heavy atom. The van der Waals surface area contributed by atoms with E-state index in [-0.39, 0.29) is 0 Å². The van der Waals surface area contributed by atoms with E-state index in [1.54, 1.807) is 6.33 Å². The molecule has 0 spiro atoms. The van der Waals surface area contributed by atoms with E-state index in [1.807, 2.05) is 19.0 Å². The van der Waals surface area contributed by atoms with E-state index in [9.17, 15) is 0 Å². The molecule has 1 aliphatic heterocycles. The van der Waals surface area contributed by atoms with Gasteiger partial charge in [-0.05, 0) is 31.0 Å². The van der Waals surface area contributed by atoms with Crippen LogP contribution in [0.25, 0.3) is 10.9 Å². The predicted octanol–water partition coefficient (Wildman–Crippen LogP) is 3.14. The van der Waals surface area contributed by atoms with E-state index in [2.05, 4.69) is 75.0 Å². The summed E-state index contributed by atoms with van der Waals surface area (Å²) in [6.45, 7) is 3.21. The number of nitrogens with zero attached hydrogens (tertiary/aromatic N) is 6. The Kier molecular flexibility index (Phi) is 5.22. The fourth-order valence-corrected chi connectivity index (χ4v) is 4.25. The summed E-state index contributed by atoms with van der Waals surface area (Å²) in [6, 6.07) is 11.2. The lowest BCUT2D eigenvalue weighted by Gasteiger charge is -2.38. The van der Waals surface area contributed by atoms with Crippen LogP contribution < -0.4 is 9.80 Å². The van der Waals surface area contributed by atoms with Crippen molar-refractivity contribution in [1.29, 1.82) is 0 Å². The van der Waals surface area contributed by atoms with Crippen molar-refractivity contribution >= 4 is 22.5 Å². The van der Waals surface area contributed by atoms with Gasteiger partial charge in [0.25, 0.3) is 0 Å². The predicted molar refractivity (Wildman–Crippen MR) is 116 cm³/mol. The van der Waals surface area contributed by atoms with Crippen molar-refractivity contribution in [2.45, 2.75) is 25.4 Å². The molecule has 1 aromatic carbocycles. The van der Waals surface area contributed by atoms with Crippen molar-refractivity contribution in [1.82, 2.24) is 19.4 Å². The molecule has 0 N–H and O–H groups in total. The van der Waals surface area contributed by atoms with Gasteiger partial charge in [0.05, 0.1) is 0 Å². The zero-order valence-corrected chi connectivity index (χ0v) is 17.3. The summed E-state index contributed by atoms with van der Waals surface area (Å²) in [5.41, 5.74) is 2.72. The molecule has 1 unspecified atom stereocenters. The maximum Gasteiger partial charge on any atom is 0.134 e. The van der Waals surface area contributed by atoms with Gasteiger partial charge >= 0.3 is 0 Å². The zero-order valence-electron chi connectivity index (χ0n) is 17.3. The lowest BCUT2D eigenvalue weighted by atomic mass is 10.0. The van der Waals surface area contributed by atoms with Crippen molar-refractivity contribution in [3.8, 4) is 0 Å². The van der Waals surface area contributed by atoms with Gasteiger partial charge in [0.1, 0.15) is 18.0 Å². The fourth-order valence-electron chi connectivity index (χ4n) is 4.25. The number of benzene rings is 1. The summed E-state index contributed by atoms with van der Waals surface area (Å²) in [5, 5.41) is 1.37. The van der Waals surface area contributed by atoms with E-state index in [0.717, 1.165) is 31.3 Å². The highest BCUT2D eigenvalue weighted by molar-refractivity contribution is 5.83. The lowest BCUT2D eigenvalue weighted by Crippen LogP contribution is -2.46. The van der Waals surface area contributed by atoms with Crippen molar-refractivity contribution in [2.75, 3.05) is 44.0 Å². The highest BCUT2D eigenvalue weighted by Gasteiger charge is 2.25. The van der Waals surface area contributed by atoms with E-state index in [1.165, 1.54) is 29.3 Å². The maximum absolute atomic E-state index is 4.52. The second-order valence-electron chi connectivity index (χ2n) is 8.05. The largest absolute Gasteiger partial charge is 0.363 e. The van der Waals surface area contributed by atoms with Gasteiger partial charge in [-0.1, -0.05) is 18.2 Å². The number of rotatable bonds is 5. The number of hydrogen-bond donors (Lipinski definition) is 0. The average Bonchev–Trinajstić information content (AvgIpc) is 3.03. The maximum atomic E-state index is 4.52. The molecule has 2 aromatic heterocycles. The summed E-state index contributed by atoms with van der Waals surface area (Å²) < 4.78 is 2.24. The molecule has 6 heteroatoms. The molecule has 28 heavy (non-hydrogen) atoms. The average molecular weight is 379 g/mol. The molecule has 0 aliphatic carbocycles. The molecule has 1 saturated heterocycles. The summed E-state index contributed by atoms with van der Waals surface area (Å²) in [7, 11) is 8.32. The standard InChI is InChI=1S/C22H30N6/c1-25(2)21-12-22(24-16-23-21)27(4)18-8-7-11-28(15-18)14-17-13-26(3)20-10-6-5-9-19(17)20/h5-6,9-10,12-13,16,18H,7-8,11,14-15H2,1-4H3. The molecule has 0 amide bonds. The van der Waals surface area contributed by atoms with Crippen molar-refractivity contribution in [2.24, 2.45) is 7.05 Å². The third-order valence-electron chi connectivity index (χ3n) is 5.86. The number of anilines is 2. The number of aryl methyl sites for hydroxylation is 1. The van der Waals surface area contributed by atoms with Gasteiger partial charge in [-0.2, -0.15) is 0 Å². The zero-order chi connectivity index (χ0) is 19.7. The Bertz CT molecular complexity index is 947. The van der Waals surface area contributed by atoms with Crippen LogP contribution in [0.5, 0.6) is 0 Å². The van der Waals surface area contributed by atoms with Crippen LogP contribution in [0.15, 0.2) is 42.9 Å². The SMILES string of the molecule is CN(C)c1cc(N(C)C2CCCN(Cc3cn(C)c4ccccc34)C2)ncn1. The van der Waals surface area contributed by atoms with Crippen LogP contribution in [0.3, 0.4) is 0 Å². The summed E-state index contributed by atoms with van der Waals surface area (Å²) >= 11 is 0. The first-order valence-electron chi connectivity index (χ1n) is 10.0. The summed E-state index contributed by atoms with van der Waals surface area (Å²) in [5.74, 6) is 1.94. The minimum atomic E-state index is 0.466. The van der Waals surface area contributed by atoms with Crippen LogP contribution in [0.2, 0.25) is 0 Å². The van der Waals surface area contributed by atoms with Crippen LogP contribution >= 0.6 is 0 Å². The quantitative estimate of drug-likeness (QED) is 0.682. The Balaban J connectivity index is 1.49. The highest BCUT2D eigenvalue weighted by Crippen LogP contribution is 2.26. The lowest BCUT2D eigenvalue weighted by molar-refractivity contribution is 0.199. The van der Waals surface area contributed by atoms with Crippen molar-refractivity contribution in [3.63, 3.8) is 0 Å². The Morgan fingerprint density at radius 2 is 1.89 bits per heavy atom.